The summed E-state index contributed by atoms with van der Waals surface area (Å²) in [6, 6.07) is 24.5. The van der Waals surface area contributed by atoms with Gasteiger partial charge < -0.3 is 4.42 Å². The van der Waals surface area contributed by atoms with Crippen molar-refractivity contribution in [2.75, 3.05) is 5.01 Å². The van der Waals surface area contributed by atoms with Gasteiger partial charge in [-0.05, 0) is 29.8 Å². The second-order valence-corrected chi connectivity index (χ2v) is 5.76. The van der Waals surface area contributed by atoms with E-state index in [0.29, 0.717) is 16.8 Å². The van der Waals surface area contributed by atoms with Gasteiger partial charge in [0, 0.05) is 0 Å². The third kappa shape index (κ3) is 3.28. The molecule has 0 atom stereocenters. The van der Waals surface area contributed by atoms with Crippen LogP contribution in [0.25, 0.3) is 11.1 Å². The lowest BCUT2D eigenvalue weighted by Crippen LogP contribution is -2.35. The summed E-state index contributed by atoms with van der Waals surface area (Å²) in [5, 5.41) is 5.50. The molecule has 0 saturated carbocycles. The summed E-state index contributed by atoms with van der Waals surface area (Å²) >= 11 is 0. The van der Waals surface area contributed by atoms with E-state index in [1.165, 1.54) is 5.01 Å². The number of nitrogens with zero attached hydrogens (tertiary/aromatic N) is 3. The predicted molar refractivity (Wildman–Crippen MR) is 104 cm³/mol. The summed E-state index contributed by atoms with van der Waals surface area (Å²) in [6.07, 6.45) is 1.57. The summed E-state index contributed by atoms with van der Waals surface area (Å²) in [7, 11) is 0. The van der Waals surface area contributed by atoms with Gasteiger partial charge >= 0.3 is 11.8 Å². The highest BCUT2D eigenvalue weighted by molar-refractivity contribution is 5.99. The molecule has 132 valence electrons. The van der Waals surface area contributed by atoms with Crippen molar-refractivity contribution in [2.45, 2.75) is 0 Å². The number of hydrogen-bond donors (Lipinski definition) is 0. The third-order valence-corrected chi connectivity index (χ3v) is 3.98. The fraction of sp³-hybridized carbons (Fsp3) is 0. The van der Waals surface area contributed by atoms with Crippen LogP contribution in [0.15, 0.2) is 99.2 Å². The molecule has 0 saturated heterocycles. The Hall–Kier alpha value is -3.93. The SMILES string of the molecule is O=C(N(/N=C/c1ccccc1)c1ccccc1)n1c(=O)oc2ccccc21. The molecule has 0 aliphatic heterocycles. The Balaban J connectivity index is 1.80. The van der Waals surface area contributed by atoms with Crippen molar-refractivity contribution in [3.63, 3.8) is 0 Å². The summed E-state index contributed by atoms with van der Waals surface area (Å²) in [5.41, 5.74) is 2.10. The van der Waals surface area contributed by atoms with Crippen LogP contribution in [0.2, 0.25) is 0 Å². The lowest BCUT2D eigenvalue weighted by Gasteiger charge is -2.16. The average molecular weight is 357 g/mol. The smallest absolute Gasteiger partial charge is 0.407 e. The zero-order chi connectivity index (χ0) is 18.6. The van der Waals surface area contributed by atoms with E-state index in [4.69, 9.17) is 4.42 Å². The molecule has 0 bridgehead atoms. The highest BCUT2D eigenvalue weighted by Crippen LogP contribution is 2.18. The van der Waals surface area contributed by atoms with E-state index in [1.807, 2.05) is 36.4 Å². The Bertz CT molecular complexity index is 1160. The number of hydrogen-bond acceptors (Lipinski definition) is 4. The van der Waals surface area contributed by atoms with Gasteiger partial charge in [-0.3, -0.25) is 0 Å². The Morgan fingerprint density at radius 3 is 2.26 bits per heavy atom. The molecule has 0 fully saturated rings. The average Bonchev–Trinajstić information content (AvgIpc) is 3.05. The maximum atomic E-state index is 13.2. The van der Waals surface area contributed by atoms with Crippen LogP contribution in [0, 0.1) is 0 Å². The standard InChI is InChI=1S/C21H15N3O3/c25-20(23-18-13-7-8-14-19(18)27-21(23)26)24(17-11-5-2-6-12-17)22-15-16-9-3-1-4-10-16/h1-15H/b22-15+. The van der Waals surface area contributed by atoms with Gasteiger partial charge in [0.1, 0.15) is 0 Å². The van der Waals surface area contributed by atoms with Gasteiger partial charge in [0.05, 0.1) is 17.4 Å². The molecule has 6 heteroatoms. The molecule has 1 aromatic heterocycles. The van der Waals surface area contributed by atoms with E-state index >= 15 is 0 Å². The molecule has 0 unspecified atom stereocenters. The van der Waals surface area contributed by atoms with Gasteiger partial charge in [-0.2, -0.15) is 14.7 Å². The normalized spacial score (nSPS) is 11.1. The zero-order valence-corrected chi connectivity index (χ0v) is 14.2. The first-order valence-electron chi connectivity index (χ1n) is 8.33. The second kappa shape index (κ2) is 7.13. The third-order valence-electron chi connectivity index (χ3n) is 3.98. The summed E-state index contributed by atoms with van der Waals surface area (Å²) in [6.45, 7) is 0. The van der Waals surface area contributed by atoms with Gasteiger partial charge in [0.2, 0.25) is 0 Å². The molecular weight excluding hydrogens is 342 g/mol. The first-order valence-corrected chi connectivity index (χ1v) is 8.33. The fourth-order valence-electron chi connectivity index (χ4n) is 2.70. The van der Waals surface area contributed by atoms with Gasteiger partial charge in [-0.1, -0.05) is 60.7 Å². The first-order chi connectivity index (χ1) is 13.2. The van der Waals surface area contributed by atoms with E-state index in [1.54, 1.807) is 54.7 Å². The van der Waals surface area contributed by atoms with E-state index in [9.17, 15) is 9.59 Å². The molecule has 3 aromatic carbocycles. The van der Waals surface area contributed by atoms with E-state index in [-0.39, 0.29) is 0 Å². The number of benzene rings is 3. The van der Waals surface area contributed by atoms with Crippen LogP contribution in [-0.2, 0) is 0 Å². The lowest BCUT2D eigenvalue weighted by molar-refractivity contribution is 0.247. The minimum absolute atomic E-state index is 0.343. The van der Waals surface area contributed by atoms with Crippen LogP contribution in [0.5, 0.6) is 0 Å². The number of anilines is 1. The topological polar surface area (TPSA) is 67.8 Å². The lowest BCUT2D eigenvalue weighted by atomic mass is 10.2. The Morgan fingerprint density at radius 2 is 1.52 bits per heavy atom. The molecule has 0 N–H and O–H groups in total. The monoisotopic (exact) mass is 357 g/mol. The minimum atomic E-state index is -0.753. The molecule has 0 aliphatic rings. The highest BCUT2D eigenvalue weighted by Gasteiger charge is 2.22. The molecule has 4 rings (SSSR count). The van der Waals surface area contributed by atoms with E-state index in [2.05, 4.69) is 5.10 Å². The van der Waals surface area contributed by atoms with E-state index in [0.717, 1.165) is 10.1 Å². The predicted octanol–water partition coefficient (Wildman–Crippen LogP) is 4.10. The number of carbonyl (C=O) groups is 1. The van der Waals surface area contributed by atoms with Crippen molar-refractivity contribution < 1.29 is 9.21 Å². The van der Waals surface area contributed by atoms with Crippen molar-refractivity contribution in [1.82, 2.24) is 4.57 Å². The van der Waals surface area contributed by atoms with Crippen molar-refractivity contribution in [1.29, 1.82) is 0 Å². The number of carbonyl (C=O) groups excluding carboxylic acids is 1. The Morgan fingerprint density at radius 1 is 0.889 bits per heavy atom. The molecule has 27 heavy (non-hydrogen) atoms. The number of aromatic nitrogens is 1. The van der Waals surface area contributed by atoms with Crippen molar-refractivity contribution in [2.24, 2.45) is 5.10 Å². The summed E-state index contributed by atoms with van der Waals surface area (Å²) < 4.78 is 6.15. The van der Waals surface area contributed by atoms with Gasteiger partial charge in [-0.15, -0.1) is 0 Å². The second-order valence-electron chi connectivity index (χ2n) is 5.76. The largest absolute Gasteiger partial charge is 0.428 e. The van der Waals surface area contributed by atoms with Crippen molar-refractivity contribution >= 4 is 29.0 Å². The van der Waals surface area contributed by atoms with Crippen molar-refractivity contribution in [3.8, 4) is 0 Å². The summed E-state index contributed by atoms with van der Waals surface area (Å²) in [4.78, 5) is 25.5. The number of para-hydroxylation sites is 3. The quantitative estimate of drug-likeness (QED) is 0.409. The fourth-order valence-corrected chi connectivity index (χ4v) is 2.70. The minimum Gasteiger partial charge on any atom is -0.407 e. The maximum Gasteiger partial charge on any atom is 0.428 e. The number of rotatable bonds is 3. The van der Waals surface area contributed by atoms with Gasteiger partial charge in [-0.25, -0.2) is 9.59 Å². The first kappa shape index (κ1) is 16.5. The number of fused-ring (bicyclic) bond motifs is 1. The molecule has 6 nitrogen and oxygen atoms in total. The molecule has 0 radical (unpaired) electrons. The van der Waals surface area contributed by atoms with Gasteiger partial charge in [0.15, 0.2) is 5.58 Å². The zero-order valence-electron chi connectivity index (χ0n) is 14.2. The van der Waals surface area contributed by atoms with Crippen molar-refractivity contribution in [3.05, 3.63) is 101 Å². The molecule has 4 aromatic rings. The molecular formula is C21H15N3O3. The number of amides is 1. The summed E-state index contributed by atoms with van der Waals surface area (Å²) in [5.74, 6) is -0.753. The van der Waals surface area contributed by atoms with Crippen LogP contribution in [-0.4, -0.2) is 16.8 Å². The molecule has 1 amide bonds. The van der Waals surface area contributed by atoms with E-state index < -0.39 is 11.8 Å². The number of hydrazone groups is 1. The molecule has 1 heterocycles. The molecule has 0 aliphatic carbocycles. The number of oxazole rings is 1. The van der Waals surface area contributed by atoms with Crippen LogP contribution < -0.4 is 10.8 Å². The Kier molecular flexibility index (Phi) is 4.37. The molecule has 0 spiro atoms. The van der Waals surface area contributed by atoms with Crippen LogP contribution in [0.3, 0.4) is 0 Å². The maximum absolute atomic E-state index is 13.2. The highest BCUT2D eigenvalue weighted by atomic mass is 16.4. The van der Waals surface area contributed by atoms with Crippen LogP contribution in [0.1, 0.15) is 5.56 Å². The van der Waals surface area contributed by atoms with Gasteiger partial charge in [0.25, 0.3) is 0 Å². The van der Waals surface area contributed by atoms with Crippen LogP contribution >= 0.6 is 0 Å². The Labute approximate surface area is 154 Å². The van der Waals surface area contributed by atoms with Crippen LogP contribution in [0.4, 0.5) is 10.5 Å².